The molecule has 0 unspecified atom stereocenters. The van der Waals surface area contributed by atoms with E-state index in [0.29, 0.717) is 6.54 Å². The summed E-state index contributed by atoms with van der Waals surface area (Å²) in [5.41, 5.74) is 3.54. The van der Waals surface area contributed by atoms with Gasteiger partial charge in [0.05, 0.1) is 19.3 Å². The molecule has 0 bridgehead atoms. The SMILES string of the molecule is O[C@H]1CCCN(c2ccc(-c3cccc(N4CCOCC4)c3)cn2)C1. The van der Waals surface area contributed by atoms with E-state index in [-0.39, 0.29) is 6.10 Å². The third-order valence-corrected chi connectivity index (χ3v) is 5.02. The van der Waals surface area contributed by atoms with Crippen LogP contribution < -0.4 is 9.80 Å². The van der Waals surface area contributed by atoms with Gasteiger partial charge in [0.25, 0.3) is 0 Å². The molecule has 0 aliphatic carbocycles. The first-order valence-corrected chi connectivity index (χ1v) is 9.12. The molecule has 25 heavy (non-hydrogen) atoms. The first-order chi connectivity index (χ1) is 12.3. The first-order valence-electron chi connectivity index (χ1n) is 9.12. The molecule has 2 aromatic rings. The molecule has 1 aromatic carbocycles. The summed E-state index contributed by atoms with van der Waals surface area (Å²) in [6, 6.07) is 12.8. The Morgan fingerprint density at radius 1 is 1.00 bits per heavy atom. The summed E-state index contributed by atoms with van der Waals surface area (Å²) in [5.74, 6) is 0.951. The molecule has 0 saturated carbocycles. The van der Waals surface area contributed by atoms with Gasteiger partial charge >= 0.3 is 0 Å². The van der Waals surface area contributed by atoms with Gasteiger partial charge in [-0.25, -0.2) is 4.98 Å². The number of hydrogen-bond acceptors (Lipinski definition) is 5. The molecule has 4 rings (SSSR count). The highest BCUT2D eigenvalue weighted by Gasteiger charge is 2.18. The molecule has 1 atom stereocenters. The summed E-state index contributed by atoms with van der Waals surface area (Å²) in [5, 5.41) is 9.84. The number of morpholine rings is 1. The van der Waals surface area contributed by atoms with Gasteiger partial charge in [0, 0.05) is 43.6 Å². The number of β-amino-alcohol motifs (C(OH)–C–C–N with tert-alkyl or cyclic N) is 1. The van der Waals surface area contributed by atoms with Crippen molar-refractivity contribution in [3.63, 3.8) is 0 Å². The van der Waals surface area contributed by atoms with Crippen LogP contribution in [0.25, 0.3) is 11.1 Å². The minimum atomic E-state index is -0.236. The number of hydrogen-bond donors (Lipinski definition) is 1. The molecule has 0 amide bonds. The van der Waals surface area contributed by atoms with Crippen molar-refractivity contribution in [2.24, 2.45) is 0 Å². The smallest absolute Gasteiger partial charge is 0.128 e. The minimum absolute atomic E-state index is 0.236. The Bertz CT molecular complexity index is 698. The fourth-order valence-electron chi connectivity index (χ4n) is 3.61. The maximum absolute atomic E-state index is 9.84. The third kappa shape index (κ3) is 3.78. The minimum Gasteiger partial charge on any atom is -0.391 e. The quantitative estimate of drug-likeness (QED) is 0.931. The summed E-state index contributed by atoms with van der Waals surface area (Å²) < 4.78 is 5.44. The number of aliphatic hydroxyl groups excluding tert-OH is 1. The van der Waals surface area contributed by atoms with Crippen molar-refractivity contribution in [3.8, 4) is 11.1 Å². The highest BCUT2D eigenvalue weighted by Crippen LogP contribution is 2.26. The van der Waals surface area contributed by atoms with Crippen LogP contribution >= 0.6 is 0 Å². The second-order valence-corrected chi connectivity index (χ2v) is 6.80. The van der Waals surface area contributed by atoms with Gasteiger partial charge in [-0.3, -0.25) is 0 Å². The standard InChI is InChI=1S/C20H25N3O2/c24-19-5-2-8-23(15-19)20-7-6-17(14-21-20)16-3-1-4-18(13-16)22-9-11-25-12-10-22/h1,3-4,6-7,13-14,19,24H,2,5,8-12,15H2/t19-/m0/s1. The van der Waals surface area contributed by atoms with Crippen molar-refractivity contribution in [1.82, 2.24) is 4.98 Å². The Morgan fingerprint density at radius 3 is 2.64 bits per heavy atom. The molecule has 1 aromatic heterocycles. The molecule has 5 heteroatoms. The predicted molar refractivity (Wildman–Crippen MR) is 100 cm³/mol. The molecule has 1 N–H and O–H groups in total. The molecular weight excluding hydrogens is 314 g/mol. The van der Waals surface area contributed by atoms with Crippen LogP contribution in [0, 0.1) is 0 Å². The molecule has 5 nitrogen and oxygen atoms in total. The summed E-state index contributed by atoms with van der Waals surface area (Å²) in [6.07, 6.45) is 3.62. The topological polar surface area (TPSA) is 48.8 Å². The van der Waals surface area contributed by atoms with Gasteiger partial charge in [-0.05, 0) is 42.7 Å². The normalized spacial score (nSPS) is 21.4. The molecular formula is C20H25N3O2. The van der Waals surface area contributed by atoms with Gasteiger partial charge in [-0.1, -0.05) is 12.1 Å². The predicted octanol–water partition coefficient (Wildman–Crippen LogP) is 2.55. The van der Waals surface area contributed by atoms with Gasteiger partial charge in [-0.15, -0.1) is 0 Å². The van der Waals surface area contributed by atoms with Gasteiger partial charge in [-0.2, -0.15) is 0 Å². The highest BCUT2D eigenvalue weighted by atomic mass is 16.5. The number of piperidine rings is 1. The van der Waals surface area contributed by atoms with Crippen molar-refractivity contribution >= 4 is 11.5 Å². The number of aromatic nitrogens is 1. The van der Waals surface area contributed by atoms with E-state index in [4.69, 9.17) is 4.74 Å². The van der Waals surface area contributed by atoms with Crippen molar-refractivity contribution in [1.29, 1.82) is 0 Å². The number of rotatable bonds is 3. The number of benzene rings is 1. The van der Waals surface area contributed by atoms with Crippen LogP contribution in [-0.2, 0) is 4.74 Å². The Balaban J connectivity index is 1.51. The van der Waals surface area contributed by atoms with E-state index in [1.165, 1.54) is 11.3 Å². The van der Waals surface area contributed by atoms with Gasteiger partial charge < -0.3 is 19.6 Å². The average Bonchev–Trinajstić information content (AvgIpc) is 2.69. The van der Waals surface area contributed by atoms with E-state index in [1.807, 2.05) is 6.20 Å². The monoisotopic (exact) mass is 339 g/mol. The molecule has 2 saturated heterocycles. The zero-order chi connectivity index (χ0) is 17.1. The van der Waals surface area contributed by atoms with Crippen LogP contribution in [0.4, 0.5) is 11.5 Å². The van der Waals surface area contributed by atoms with E-state index in [0.717, 1.165) is 57.1 Å². The van der Waals surface area contributed by atoms with Crippen molar-refractivity contribution in [3.05, 3.63) is 42.6 Å². The van der Waals surface area contributed by atoms with E-state index in [1.54, 1.807) is 0 Å². The van der Waals surface area contributed by atoms with Crippen molar-refractivity contribution < 1.29 is 9.84 Å². The second-order valence-electron chi connectivity index (χ2n) is 6.80. The maximum Gasteiger partial charge on any atom is 0.128 e. The van der Waals surface area contributed by atoms with Crippen LogP contribution in [0.5, 0.6) is 0 Å². The Hall–Kier alpha value is -2.11. The Kier molecular flexibility index (Phi) is 4.85. The van der Waals surface area contributed by atoms with E-state index in [2.05, 4.69) is 51.2 Å². The molecule has 0 radical (unpaired) electrons. The van der Waals surface area contributed by atoms with Gasteiger partial charge in [0.15, 0.2) is 0 Å². The fourth-order valence-corrected chi connectivity index (χ4v) is 3.61. The first kappa shape index (κ1) is 16.4. The van der Waals surface area contributed by atoms with Crippen molar-refractivity contribution in [2.75, 3.05) is 49.2 Å². The zero-order valence-electron chi connectivity index (χ0n) is 14.5. The lowest BCUT2D eigenvalue weighted by Gasteiger charge is -2.31. The third-order valence-electron chi connectivity index (χ3n) is 5.02. The molecule has 2 fully saturated rings. The summed E-state index contributed by atoms with van der Waals surface area (Å²) in [6.45, 7) is 5.12. The van der Waals surface area contributed by atoms with Gasteiger partial charge in [0.1, 0.15) is 5.82 Å². The largest absolute Gasteiger partial charge is 0.391 e. The number of ether oxygens (including phenoxy) is 1. The fraction of sp³-hybridized carbons (Fsp3) is 0.450. The van der Waals surface area contributed by atoms with Crippen LogP contribution in [0.1, 0.15) is 12.8 Å². The van der Waals surface area contributed by atoms with Crippen LogP contribution in [0.3, 0.4) is 0 Å². The average molecular weight is 339 g/mol. The molecule has 2 aliphatic rings. The zero-order valence-corrected chi connectivity index (χ0v) is 14.5. The second kappa shape index (κ2) is 7.42. The Labute approximate surface area is 148 Å². The van der Waals surface area contributed by atoms with E-state index in [9.17, 15) is 5.11 Å². The molecule has 0 spiro atoms. The lowest BCUT2D eigenvalue weighted by molar-refractivity contribution is 0.122. The lowest BCUT2D eigenvalue weighted by Crippen LogP contribution is -2.38. The molecule has 132 valence electrons. The maximum atomic E-state index is 9.84. The number of pyridine rings is 1. The van der Waals surface area contributed by atoms with E-state index >= 15 is 0 Å². The van der Waals surface area contributed by atoms with Gasteiger partial charge in [0.2, 0.25) is 0 Å². The summed E-state index contributed by atoms with van der Waals surface area (Å²) in [7, 11) is 0. The van der Waals surface area contributed by atoms with Crippen LogP contribution in [0.2, 0.25) is 0 Å². The molecule has 2 aliphatic heterocycles. The van der Waals surface area contributed by atoms with E-state index < -0.39 is 0 Å². The summed E-state index contributed by atoms with van der Waals surface area (Å²) in [4.78, 5) is 9.17. The number of anilines is 2. The highest BCUT2D eigenvalue weighted by molar-refractivity contribution is 5.69. The van der Waals surface area contributed by atoms with Crippen LogP contribution in [0.15, 0.2) is 42.6 Å². The Morgan fingerprint density at radius 2 is 1.88 bits per heavy atom. The molecule has 3 heterocycles. The lowest BCUT2D eigenvalue weighted by atomic mass is 10.1. The summed E-state index contributed by atoms with van der Waals surface area (Å²) >= 11 is 0. The number of nitrogens with zero attached hydrogens (tertiary/aromatic N) is 3. The number of aliphatic hydroxyl groups is 1. The van der Waals surface area contributed by atoms with Crippen LogP contribution in [-0.4, -0.2) is 55.6 Å². The van der Waals surface area contributed by atoms with Crippen molar-refractivity contribution in [2.45, 2.75) is 18.9 Å².